The van der Waals surface area contributed by atoms with E-state index in [4.69, 9.17) is 16.3 Å². The molecular weight excluding hydrogens is 371 g/mol. The van der Waals surface area contributed by atoms with Crippen LogP contribution in [0, 0.1) is 0 Å². The van der Waals surface area contributed by atoms with E-state index in [1.54, 1.807) is 25.4 Å². The zero-order chi connectivity index (χ0) is 19.2. The van der Waals surface area contributed by atoms with Gasteiger partial charge in [-0.1, -0.05) is 11.6 Å². The lowest BCUT2D eigenvalue weighted by molar-refractivity contribution is -0.181. The summed E-state index contributed by atoms with van der Waals surface area (Å²) in [5.41, 5.74) is 0. The smallest absolute Gasteiger partial charge is 0.403 e. The second-order valence-electron chi connectivity index (χ2n) is 5.85. The van der Waals surface area contributed by atoms with E-state index in [1.807, 2.05) is 4.90 Å². The van der Waals surface area contributed by atoms with Crippen molar-refractivity contribution in [3.05, 3.63) is 23.4 Å². The van der Waals surface area contributed by atoms with Crippen LogP contribution in [0.4, 0.5) is 13.2 Å². The number of nitrogens with zero attached hydrogens (tertiary/aromatic N) is 4. The van der Waals surface area contributed by atoms with Crippen LogP contribution in [-0.4, -0.2) is 79.3 Å². The maximum atomic E-state index is 12.8. The fraction of sp³-hybridized carbons (Fsp3) is 0.625. The Morgan fingerprint density at radius 3 is 2.65 bits per heavy atom. The van der Waals surface area contributed by atoms with Gasteiger partial charge < -0.3 is 15.0 Å². The van der Waals surface area contributed by atoms with Crippen LogP contribution in [0.2, 0.25) is 5.02 Å². The van der Waals surface area contributed by atoms with Gasteiger partial charge in [-0.05, 0) is 19.1 Å². The van der Waals surface area contributed by atoms with Crippen molar-refractivity contribution in [3.63, 3.8) is 0 Å². The molecule has 146 valence electrons. The van der Waals surface area contributed by atoms with Crippen LogP contribution < -0.4 is 10.1 Å². The molecular formula is C16H23ClF3N5O. The number of nitrogens with one attached hydrogen (secondary N) is 1. The highest BCUT2D eigenvalue weighted by Crippen LogP contribution is 2.25. The molecule has 0 aliphatic carbocycles. The van der Waals surface area contributed by atoms with Crippen LogP contribution in [0.15, 0.2) is 23.3 Å². The molecule has 0 aromatic carbocycles. The number of rotatable bonds is 5. The largest absolute Gasteiger partial charge is 0.475 e. The van der Waals surface area contributed by atoms with Crippen LogP contribution in [0.5, 0.6) is 5.88 Å². The summed E-state index contributed by atoms with van der Waals surface area (Å²) in [5.74, 6) is 1.00. The molecule has 1 aromatic rings. The molecule has 0 saturated carbocycles. The summed E-state index contributed by atoms with van der Waals surface area (Å²) < 4.78 is 43.9. The van der Waals surface area contributed by atoms with Gasteiger partial charge in [0.05, 0.1) is 6.54 Å². The summed E-state index contributed by atoms with van der Waals surface area (Å²) in [6.45, 7) is 3.63. The van der Waals surface area contributed by atoms with Crippen LogP contribution in [0.25, 0.3) is 0 Å². The number of ether oxygens (including phenoxy) is 1. The van der Waals surface area contributed by atoms with Gasteiger partial charge in [-0.2, -0.15) is 13.2 Å². The third kappa shape index (κ3) is 5.63. The van der Waals surface area contributed by atoms with E-state index in [9.17, 15) is 13.2 Å². The molecule has 1 fully saturated rings. The van der Waals surface area contributed by atoms with Crippen LogP contribution in [0.1, 0.15) is 6.92 Å². The molecule has 1 unspecified atom stereocenters. The highest BCUT2D eigenvalue weighted by molar-refractivity contribution is 6.31. The van der Waals surface area contributed by atoms with Crippen molar-refractivity contribution in [2.75, 3.05) is 46.4 Å². The molecule has 2 heterocycles. The standard InChI is InChI=1S/C16H23ClF3N5O/c1-12(16(18,19)20)24-7-9-25(10-8-24)15(21-2)23-6-11-26-14-13(17)4-3-5-22-14/h3-5,12H,6-11H2,1-2H3,(H,21,23). The van der Waals surface area contributed by atoms with Gasteiger partial charge in [0, 0.05) is 39.4 Å². The van der Waals surface area contributed by atoms with E-state index < -0.39 is 12.2 Å². The predicted molar refractivity (Wildman–Crippen MR) is 94.8 cm³/mol. The summed E-state index contributed by atoms with van der Waals surface area (Å²) in [4.78, 5) is 11.6. The number of piperazine rings is 1. The summed E-state index contributed by atoms with van der Waals surface area (Å²) in [6.07, 6.45) is -2.61. The number of pyridine rings is 1. The molecule has 0 spiro atoms. The molecule has 10 heteroatoms. The van der Waals surface area contributed by atoms with Crippen molar-refractivity contribution in [3.8, 4) is 5.88 Å². The van der Waals surface area contributed by atoms with Crippen molar-refractivity contribution in [1.82, 2.24) is 20.1 Å². The molecule has 1 aromatic heterocycles. The Hall–Kier alpha value is -1.74. The normalized spacial score (nSPS) is 17.9. The van der Waals surface area contributed by atoms with Gasteiger partial charge in [-0.3, -0.25) is 9.89 Å². The van der Waals surface area contributed by atoms with Gasteiger partial charge in [0.1, 0.15) is 17.7 Å². The van der Waals surface area contributed by atoms with Gasteiger partial charge >= 0.3 is 6.18 Å². The lowest BCUT2D eigenvalue weighted by atomic mass is 10.2. The van der Waals surface area contributed by atoms with Crippen LogP contribution in [0.3, 0.4) is 0 Å². The molecule has 1 saturated heterocycles. The first-order valence-corrected chi connectivity index (χ1v) is 8.70. The minimum absolute atomic E-state index is 0.334. The minimum atomic E-state index is -4.20. The number of hydrogen-bond donors (Lipinski definition) is 1. The second kappa shape index (κ2) is 9.27. The lowest BCUT2D eigenvalue weighted by Gasteiger charge is -2.39. The molecule has 26 heavy (non-hydrogen) atoms. The van der Waals surface area contributed by atoms with E-state index in [-0.39, 0.29) is 0 Å². The topological polar surface area (TPSA) is 53.0 Å². The number of aromatic nitrogens is 1. The molecule has 1 N–H and O–H groups in total. The molecule has 1 aliphatic rings. The van der Waals surface area contributed by atoms with E-state index in [2.05, 4.69) is 15.3 Å². The average Bonchev–Trinajstić information content (AvgIpc) is 2.62. The van der Waals surface area contributed by atoms with Gasteiger partial charge in [-0.25, -0.2) is 4.98 Å². The second-order valence-corrected chi connectivity index (χ2v) is 6.26. The van der Waals surface area contributed by atoms with E-state index >= 15 is 0 Å². The quantitative estimate of drug-likeness (QED) is 0.472. The fourth-order valence-electron chi connectivity index (χ4n) is 2.65. The first-order valence-electron chi connectivity index (χ1n) is 8.32. The maximum Gasteiger partial charge on any atom is 0.403 e. The van der Waals surface area contributed by atoms with Crippen molar-refractivity contribution >= 4 is 17.6 Å². The van der Waals surface area contributed by atoms with Gasteiger partial charge in [0.2, 0.25) is 5.88 Å². The van der Waals surface area contributed by atoms with Gasteiger partial charge in [0.15, 0.2) is 5.96 Å². The molecule has 1 aliphatic heterocycles. The van der Waals surface area contributed by atoms with E-state index in [0.29, 0.717) is 56.2 Å². The number of aliphatic imine (C=N–C) groups is 1. The Morgan fingerprint density at radius 1 is 1.38 bits per heavy atom. The Labute approximate surface area is 156 Å². The summed E-state index contributed by atoms with van der Waals surface area (Å²) >= 11 is 5.96. The van der Waals surface area contributed by atoms with Gasteiger partial charge in [0.25, 0.3) is 0 Å². The van der Waals surface area contributed by atoms with Crippen molar-refractivity contribution in [1.29, 1.82) is 0 Å². The SMILES string of the molecule is CN=C(NCCOc1ncccc1Cl)N1CCN(C(C)C(F)(F)F)CC1. The van der Waals surface area contributed by atoms with Crippen molar-refractivity contribution in [2.45, 2.75) is 19.1 Å². The predicted octanol–water partition coefficient (Wildman–Crippen LogP) is 2.26. The fourth-order valence-corrected chi connectivity index (χ4v) is 2.82. The minimum Gasteiger partial charge on any atom is -0.475 e. The number of guanidine groups is 1. The Bertz CT molecular complexity index is 606. The summed E-state index contributed by atoms with van der Waals surface area (Å²) in [5, 5.41) is 3.58. The molecule has 0 radical (unpaired) electrons. The zero-order valence-corrected chi connectivity index (χ0v) is 15.5. The highest BCUT2D eigenvalue weighted by Gasteiger charge is 2.41. The summed E-state index contributed by atoms with van der Waals surface area (Å²) in [7, 11) is 1.64. The molecule has 1 atom stereocenters. The van der Waals surface area contributed by atoms with E-state index in [1.165, 1.54) is 11.8 Å². The summed E-state index contributed by atoms with van der Waals surface area (Å²) in [6, 6.07) is 1.97. The van der Waals surface area contributed by atoms with E-state index in [0.717, 1.165) is 0 Å². The zero-order valence-electron chi connectivity index (χ0n) is 14.8. The first kappa shape index (κ1) is 20.6. The van der Waals surface area contributed by atoms with Gasteiger partial charge in [-0.15, -0.1) is 0 Å². The third-order valence-corrected chi connectivity index (χ3v) is 4.48. The maximum absolute atomic E-state index is 12.8. The molecule has 6 nitrogen and oxygen atoms in total. The third-order valence-electron chi connectivity index (χ3n) is 4.20. The molecule has 2 rings (SSSR count). The van der Waals surface area contributed by atoms with Crippen molar-refractivity contribution < 1.29 is 17.9 Å². The monoisotopic (exact) mass is 393 g/mol. The first-order chi connectivity index (χ1) is 12.3. The van der Waals surface area contributed by atoms with Crippen molar-refractivity contribution in [2.24, 2.45) is 4.99 Å². The van der Waals surface area contributed by atoms with Crippen LogP contribution >= 0.6 is 11.6 Å². The number of halogens is 4. The lowest BCUT2D eigenvalue weighted by Crippen LogP contribution is -2.57. The Balaban J connectivity index is 1.75. The molecule has 0 amide bonds. The molecule has 0 bridgehead atoms. The average molecular weight is 394 g/mol. The Kier molecular flexibility index (Phi) is 7.33. The Morgan fingerprint density at radius 2 is 2.08 bits per heavy atom. The number of alkyl halides is 3. The highest BCUT2D eigenvalue weighted by atomic mass is 35.5. The van der Waals surface area contributed by atoms with Crippen LogP contribution in [-0.2, 0) is 0 Å². The number of hydrogen-bond acceptors (Lipinski definition) is 4.